The largest absolute Gasteiger partial charge is 0.361 e. The Morgan fingerprint density at radius 1 is 1.22 bits per heavy atom. The van der Waals surface area contributed by atoms with Crippen molar-refractivity contribution in [1.82, 2.24) is 20.4 Å². The van der Waals surface area contributed by atoms with Crippen molar-refractivity contribution in [3.8, 4) is 0 Å². The number of H-pyrrole nitrogens is 2. The molecule has 2 N–H and O–H groups in total. The molecule has 0 aliphatic heterocycles. The predicted octanol–water partition coefficient (Wildman–Crippen LogP) is 4.62. The monoisotopic (exact) mass is 507 g/mol. The zero-order chi connectivity index (χ0) is 25.9. The number of aldehydes is 1. The van der Waals surface area contributed by atoms with Gasteiger partial charge in [-0.05, 0) is 29.9 Å². The topological polar surface area (TPSA) is 104 Å². The Morgan fingerprint density at radius 3 is 2.67 bits per heavy atom. The Hall–Kier alpha value is -3.04. The van der Waals surface area contributed by atoms with Gasteiger partial charge in [0.2, 0.25) is 0 Å². The number of benzene rings is 1. The lowest BCUT2D eigenvalue weighted by atomic mass is 9.68. The van der Waals surface area contributed by atoms with Crippen molar-refractivity contribution >= 4 is 26.0 Å². The minimum absolute atomic E-state index is 0.106. The number of hydrogen-bond acceptors (Lipinski definition) is 5. The fourth-order valence-electron chi connectivity index (χ4n) is 4.62. The normalized spacial score (nSPS) is 17.0. The van der Waals surface area contributed by atoms with Crippen LogP contribution in [0, 0.1) is 11.3 Å². The summed E-state index contributed by atoms with van der Waals surface area (Å²) in [5.41, 5.74) is 4.47. The molecule has 36 heavy (non-hydrogen) atoms. The van der Waals surface area contributed by atoms with E-state index >= 15 is 0 Å². The summed E-state index contributed by atoms with van der Waals surface area (Å²) in [6, 6.07) is 11.0. The van der Waals surface area contributed by atoms with Crippen molar-refractivity contribution in [2.45, 2.75) is 58.8 Å². The van der Waals surface area contributed by atoms with Crippen LogP contribution >= 0.6 is 0 Å². The Balaban J connectivity index is 1.63. The molecular weight excluding hydrogens is 470 g/mol. The third-order valence-electron chi connectivity index (χ3n) is 7.04. The van der Waals surface area contributed by atoms with E-state index in [2.05, 4.69) is 53.9 Å². The molecule has 0 saturated carbocycles. The third kappa shape index (κ3) is 5.84. The number of carbonyl (C=O) groups excluding carboxylic acids is 2. The number of carbonyl (C=O) groups is 2. The van der Waals surface area contributed by atoms with Crippen LogP contribution in [0.3, 0.4) is 0 Å². The van der Waals surface area contributed by atoms with Gasteiger partial charge in [-0.2, -0.15) is 10.2 Å². The molecule has 3 aromatic rings. The number of aromatic nitrogens is 4. The molecule has 1 amide bonds. The Morgan fingerprint density at radius 2 is 1.97 bits per heavy atom. The highest BCUT2D eigenvalue weighted by Gasteiger charge is 2.39. The molecule has 1 aliphatic carbocycles. The minimum atomic E-state index is -1.28. The summed E-state index contributed by atoms with van der Waals surface area (Å²) in [7, 11) is -1.28. The van der Waals surface area contributed by atoms with E-state index in [4.69, 9.17) is 4.74 Å². The molecule has 0 radical (unpaired) electrons. The average molecular weight is 508 g/mol. The van der Waals surface area contributed by atoms with Gasteiger partial charge in [0.25, 0.3) is 5.91 Å². The van der Waals surface area contributed by atoms with Crippen LogP contribution in [-0.2, 0) is 28.8 Å². The number of amides is 1. The van der Waals surface area contributed by atoms with Crippen LogP contribution in [0.15, 0.2) is 36.5 Å². The molecule has 0 bridgehead atoms. The van der Waals surface area contributed by atoms with E-state index in [0.29, 0.717) is 37.3 Å². The molecule has 2 heterocycles. The van der Waals surface area contributed by atoms with E-state index in [0.717, 1.165) is 34.8 Å². The van der Waals surface area contributed by atoms with E-state index in [-0.39, 0.29) is 24.0 Å². The summed E-state index contributed by atoms with van der Waals surface area (Å²) in [5.74, 6) is -0.418. The zero-order valence-electron chi connectivity index (χ0n) is 21.9. The van der Waals surface area contributed by atoms with Crippen LogP contribution in [0.4, 0.5) is 5.69 Å². The molecular formula is C27H37N5O3Si. The van der Waals surface area contributed by atoms with Crippen LogP contribution in [0.1, 0.15) is 46.9 Å². The minimum Gasteiger partial charge on any atom is -0.361 e. The zero-order valence-corrected chi connectivity index (χ0v) is 22.9. The smallest absolute Gasteiger partial charge is 0.281 e. The van der Waals surface area contributed by atoms with Gasteiger partial charge < -0.3 is 9.53 Å². The van der Waals surface area contributed by atoms with Crippen molar-refractivity contribution < 1.29 is 14.3 Å². The van der Waals surface area contributed by atoms with E-state index in [1.165, 1.54) is 0 Å². The van der Waals surface area contributed by atoms with Gasteiger partial charge in [-0.25, -0.2) is 0 Å². The van der Waals surface area contributed by atoms with E-state index in [1.54, 1.807) is 11.1 Å². The first-order valence-electron chi connectivity index (χ1n) is 12.6. The number of ether oxygens (including phenoxy) is 1. The summed E-state index contributed by atoms with van der Waals surface area (Å²) in [6.07, 6.45) is 4.50. The second kappa shape index (κ2) is 10.5. The van der Waals surface area contributed by atoms with Crippen molar-refractivity contribution in [3.05, 3.63) is 64.7 Å². The van der Waals surface area contributed by atoms with Crippen LogP contribution < -0.4 is 4.90 Å². The number of nitrogens with zero attached hydrogens (tertiary/aromatic N) is 3. The molecule has 1 atom stereocenters. The fraction of sp³-hybridized carbons (Fsp3) is 0.481. The molecule has 4 rings (SSSR count). The van der Waals surface area contributed by atoms with E-state index in [9.17, 15) is 9.59 Å². The lowest BCUT2D eigenvalue weighted by molar-refractivity contribution is -0.114. The highest BCUT2D eigenvalue weighted by molar-refractivity contribution is 6.76. The maximum Gasteiger partial charge on any atom is 0.281 e. The summed E-state index contributed by atoms with van der Waals surface area (Å²) in [4.78, 5) is 27.4. The molecule has 0 spiro atoms. The summed E-state index contributed by atoms with van der Waals surface area (Å²) >= 11 is 0. The Bertz CT molecular complexity index is 1200. The fourth-order valence-corrected chi connectivity index (χ4v) is 5.38. The van der Waals surface area contributed by atoms with Gasteiger partial charge in [0.15, 0.2) is 5.69 Å². The number of aromatic amines is 2. The molecule has 1 aliphatic rings. The SMILES string of the molecule is CC1(C)Cc2[nH]nc(C(=O)N(COCC[Si](C)(C)C)c3c[nH]nc3Cc3ccccc3)c2CC1C=O. The van der Waals surface area contributed by atoms with Crippen LogP contribution in [0.25, 0.3) is 0 Å². The van der Waals surface area contributed by atoms with E-state index < -0.39 is 8.07 Å². The highest BCUT2D eigenvalue weighted by atomic mass is 28.3. The van der Waals surface area contributed by atoms with Gasteiger partial charge in [0.05, 0.1) is 11.4 Å². The van der Waals surface area contributed by atoms with Gasteiger partial charge in [0.1, 0.15) is 13.0 Å². The second-order valence-corrected chi connectivity index (χ2v) is 17.2. The quantitative estimate of drug-likeness (QED) is 0.180. The van der Waals surface area contributed by atoms with Crippen LogP contribution in [0.2, 0.25) is 25.7 Å². The summed E-state index contributed by atoms with van der Waals surface area (Å²) in [6.45, 7) is 11.8. The number of rotatable bonds is 10. The first-order valence-corrected chi connectivity index (χ1v) is 16.3. The third-order valence-corrected chi connectivity index (χ3v) is 8.75. The first kappa shape index (κ1) is 26.0. The lowest BCUT2D eigenvalue weighted by Crippen LogP contribution is -2.37. The molecule has 1 unspecified atom stereocenters. The molecule has 2 aromatic heterocycles. The van der Waals surface area contributed by atoms with Crippen molar-refractivity contribution in [3.63, 3.8) is 0 Å². The average Bonchev–Trinajstić information content (AvgIpc) is 3.44. The maximum absolute atomic E-state index is 14.0. The molecule has 0 saturated heterocycles. The van der Waals surface area contributed by atoms with Crippen LogP contribution in [-0.4, -0.2) is 54.0 Å². The van der Waals surface area contributed by atoms with Crippen molar-refractivity contribution in [2.24, 2.45) is 11.3 Å². The number of nitrogens with one attached hydrogen (secondary N) is 2. The van der Waals surface area contributed by atoms with Gasteiger partial charge in [0, 0.05) is 44.5 Å². The number of hydrogen-bond donors (Lipinski definition) is 2. The van der Waals surface area contributed by atoms with Gasteiger partial charge in [-0.15, -0.1) is 0 Å². The van der Waals surface area contributed by atoms with Gasteiger partial charge in [-0.1, -0.05) is 63.8 Å². The molecule has 9 heteroatoms. The van der Waals surface area contributed by atoms with Gasteiger partial charge >= 0.3 is 0 Å². The second-order valence-electron chi connectivity index (χ2n) is 11.6. The predicted molar refractivity (Wildman–Crippen MR) is 143 cm³/mol. The molecule has 192 valence electrons. The Kier molecular flexibility index (Phi) is 7.61. The molecule has 1 aromatic carbocycles. The highest BCUT2D eigenvalue weighted by Crippen LogP contribution is 2.39. The van der Waals surface area contributed by atoms with Gasteiger partial charge in [-0.3, -0.25) is 19.9 Å². The lowest BCUT2D eigenvalue weighted by Gasteiger charge is -2.35. The number of anilines is 1. The maximum atomic E-state index is 14.0. The molecule has 8 nitrogen and oxygen atoms in total. The summed E-state index contributed by atoms with van der Waals surface area (Å²) in [5, 5.41) is 14.9. The van der Waals surface area contributed by atoms with Crippen LogP contribution in [0.5, 0.6) is 0 Å². The first-order chi connectivity index (χ1) is 17.1. The Labute approximate surface area is 213 Å². The standard InChI is InChI=1S/C27H37N5O3Si/c1-27(2)15-23-21(14-20(27)17-33)25(31-30-23)26(34)32(18-35-11-12-36(3,4)5)24-16-28-29-22(24)13-19-9-7-6-8-10-19/h6-10,16-17,20H,11-15,18H2,1-5H3,(H,28,29)(H,30,31). The number of fused-ring (bicyclic) bond motifs is 1. The van der Waals surface area contributed by atoms with Crippen molar-refractivity contribution in [1.29, 1.82) is 0 Å². The van der Waals surface area contributed by atoms with Crippen molar-refractivity contribution in [2.75, 3.05) is 18.2 Å². The van der Waals surface area contributed by atoms with E-state index in [1.807, 2.05) is 30.3 Å². The molecule has 0 fully saturated rings. The summed E-state index contributed by atoms with van der Waals surface area (Å²) < 4.78 is 6.04.